The van der Waals surface area contributed by atoms with E-state index >= 15 is 0 Å². The van der Waals surface area contributed by atoms with E-state index in [0.29, 0.717) is 24.6 Å². The molecule has 2 aliphatic heterocycles. The van der Waals surface area contributed by atoms with Crippen molar-refractivity contribution in [2.45, 2.75) is 29.5 Å². The Kier molecular flexibility index (Phi) is 4.52. The summed E-state index contributed by atoms with van der Waals surface area (Å²) in [5, 5.41) is 4.08. The molecule has 0 bridgehead atoms. The Labute approximate surface area is 160 Å². The molecular formula is C18H16F3N3O3S. The van der Waals surface area contributed by atoms with Crippen molar-refractivity contribution in [1.29, 1.82) is 0 Å². The predicted octanol–water partition coefficient (Wildman–Crippen LogP) is 3.27. The third kappa shape index (κ3) is 3.43. The van der Waals surface area contributed by atoms with Crippen molar-refractivity contribution in [3.05, 3.63) is 59.9 Å². The van der Waals surface area contributed by atoms with Crippen molar-refractivity contribution in [1.82, 2.24) is 9.29 Å². The Balaban J connectivity index is 1.52. The zero-order valence-electron chi connectivity index (χ0n) is 14.6. The number of hydrogen-bond acceptors (Lipinski definition) is 5. The number of alkyl halides is 3. The third-order valence-electron chi connectivity index (χ3n) is 4.91. The summed E-state index contributed by atoms with van der Waals surface area (Å²) in [6.45, 7) is 0.174. The normalized spacial score (nSPS) is 24.8. The van der Waals surface area contributed by atoms with Crippen LogP contribution in [0, 0.1) is 0 Å². The molecule has 148 valence electrons. The molecule has 1 fully saturated rings. The van der Waals surface area contributed by atoms with Gasteiger partial charge in [-0.3, -0.25) is 4.98 Å². The lowest BCUT2D eigenvalue weighted by Crippen LogP contribution is -2.39. The highest BCUT2D eigenvalue weighted by Gasteiger charge is 2.51. The molecule has 1 spiro atoms. The van der Waals surface area contributed by atoms with Crippen molar-refractivity contribution in [3.8, 4) is 0 Å². The molecule has 4 rings (SSSR count). The standard InChI is InChI=1S/C18H16F3N3O3S/c19-18(20,21)14-4-1-5-15(9-14)28(25,26)24-8-6-17(12-24)10-16(23-27-17)13-3-2-7-22-11-13/h1-5,7,9,11H,6,8,10,12H2. The minimum atomic E-state index is -4.61. The summed E-state index contributed by atoms with van der Waals surface area (Å²) in [6, 6.07) is 7.37. The van der Waals surface area contributed by atoms with Gasteiger partial charge in [-0.25, -0.2) is 0 Å². The number of hydrogen-bond donors (Lipinski definition) is 0. The number of sulfonamides is 1. The SMILES string of the molecule is O=[S+]([O-])(c1cccc(C(F)(F)F)c1)N1CCC2(CC(c3cccnc3)=NO2)C1. The van der Waals surface area contributed by atoms with E-state index in [0.717, 1.165) is 22.0 Å². The summed E-state index contributed by atoms with van der Waals surface area (Å²) < 4.78 is 65.7. The van der Waals surface area contributed by atoms with Crippen LogP contribution in [0.1, 0.15) is 24.0 Å². The Morgan fingerprint density at radius 2 is 2.07 bits per heavy atom. The van der Waals surface area contributed by atoms with Gasteiger partial charge < -0.3 is 9.39 Å². The van der Waals surface area contributed by atoms with Gasteiger partial charge in [-0.2, -0.15) is 13.2 Å². The fourth-order valence-corrected chi connectivity index (χ4v) is 4.99. The number of nitrogens with zero attached hydrogens (tertiary/aromatic N) is 3. The lowest BCUT2D eigenvalue weighted by molar-refractivity contribution is -0.137. The van der Waals surface area contributed by atoms with Crippen LogP contribution in [-0.2, 0) is 25.6 Å². The van der Waals surface area contributed by atoms with Gasteiger partial charge in [0.15, 0.2) is 20.9 Å². The maximum Gasteiger partial charge on any atom is 0.416 e. The number of halogens is 3. The third-order valence-corrected chi connectivity index (χ3v) is 6.76. The summed E-state index contributed by atoms with van der Waals surface area (Å²) in [5.41, 5.74) is -0.341. The van der Waals surface area contributed by atoms with Gasteiger partial charge in [-0.05, 0) is 24.3 Å². The first-order chi connectivity index (χ1) is 13.2. The molecule has 1 saturated heterocycles. The second-order valence-corrected chi connectivity index (χ2v) is 8.78. The molecule has 2 aromatic rings. The van der Waals surface area contributed by atoms with Gasteiger partial charge in [0.2, 0.25) is 0 Å². The molecule has 10 heteroatoms. The quantitative estimate of drug-likeness (QED) is 0.727. The van der Waals surface area contributed by atoms with E-state index in [4.69, 9.17) is 4.84 Å². The molecule has 3 heterocycles. The van der Waals surface area contributed by atoms with Crippen LogP contribution in [0.3, 0.4) is 0 Å². The van der Waals surface area contributed by atoms with E-state index in [1.807, 2.05) is 6.07 Å². The van der Waals surface area contributed by atoms with Crippen LogP contribution in [0.25, 0.3) is 0 Å². The fourth-order valence-electron chi connectivity index (χ4n) is 3.42. The summed E-state index contributed by atoms with van der Waals surface area (Å²) in [6.07, 6.45) is -0.521. The monoisotopic (exact) mass is 411 g/mol. The topological polar surface area (TPSA) is 77.9 Å². The highest BCUT2D eigenvalue weighted by atomic mass is 32.3. The molecule has 0 radical (unpaired) electrons. The molecule has 0 aliphatic carbocycles. The number of benzene rings is 1. The average Bonchev–Trinajstić information content (AvgIpc) is 3.30. The average molecular weight is 411 g/mol. The van der Waals surface area contributed by atoms with E-state index in [-0.39, 0.29) is 18.0 Å². The van der Waals surface area contributed by atoms with Crippen molar-refractivity contribution >= 4 is 16.1 Å². The van der Waals surface area contributed by atoms with E-state index < -0.39 is 27.7 Å². The van der Waals surface area contributed by atoms with E-state index in [1.165, 1.54) is 6.07 Å². The molecule has 0 amide bonds. The molecule has 0 saturated carbocycles. The maximum absolute atomic E-state index is 12.9. The van der Waals surface area contributed by atoms with E-state index in [1.54, 1.807) is 18.5 Å². The van der Waals surface area contributed by atoms with E-state index in [2.05, 4.69) is 10.1 Å². The summed E-state index contributed by atoms with van der Waals surface area (Å²) >= 11 is 0. The molecule has 2 aliphatic rings. The van der Waals surface area contributed by atoms with E-state index in [9.17, 15) is 21.9 Å². The molecular weight excluding hydrogens is 395 g/mol. The predicted molar refractivity (Wildman–Crippen MR) is 93.9 cm³/mol. The first-order valence-electron chi connectivity index (χ1n) is 8.53. The second-order valence-electron chi connectivity index (χ2n) is 6.84. The van der Waals surface area contributed by atoms with Gasteiger partial charge in [-0.15, -0.1) is 4.31 Å². The molecule has 0 N–H and O–H groups in total. The van der Waals surface area contributed by atoms with Crippen LogP contribution in [0.2, 0.25) is 0 Å². The Morgan fingerprint density at radius 3 is 2.79 bits per heavy atom. The van der Waals surface area contributed by atoms with Crippen LogP contribution >= 0.6 is 0 Å². The van der Waals surface area contributed by atoms with Crippen LogP contribution < -0.4 is 0 Å². The van der Waals surface area contributed by atoms with Crippen LogP contribution in [0.4, 0.5) is 13.2 Å². The summed E-state index contributed by atoms with van der Waals surface area (Å²) in [7, 11) is -4.08. The van der Waals surface area contributed by atoms with Gasteiger partial charge in [-0.1, -0.05) is 15.4 Å². The minimum Gasteiger partial charge on any atom is -0.593 e. The summed E-state index contributed by atoms with van der Waals surface area (Å²) in [5.74, 6) is 0. The van der Waals surface area contributed by atoms with Gasteiger partial charge in [0.1, 0.15) is 0 Å². The van der Waals surface area contributed by atoms with Gasteiger partial charge in [0.05, 0.1) is 17.8 Å². The smallest absolute Gasteiger partial charge is 0.416 e. The largest absolute Gasteiger partial charge is 0.593 e. The van der Waals surface area contributed by atoms with Crippen molar-refractivity contribution in [2.75, 3.05) is 13.1 Å². The Morgan fingerprint density at radius 1 is 1.25 bits per heavy atom. The van der Waals surface area contributed by atoms with Crippen LogP contribution in [0.15, 0.2) is 58.8 Å². The first-order valence-corrected chi connectivity index (χ1v) is 9.97. The minimum absolute atomic E-state index is 0.0266. The van der Waals surface area contributed by atoms with Crippen molar-refractivity contribution in [3.63, 3.8) is 0 Å². The van der Waals surface area contributed by atoms with Crippen LogP contribution in [-0.4, -0.2) is 38.2 Å². The number of aromatic nitrogens is 1. The highest BCUT2D eigenvalue weighted by Crippen LogP contribution is 2.39. The van der Waals surface area contributed by atoms with Crippen LogP contribution in [0.5, 0.6) is 0 Å². The lowest BCUT2D eigenvalue weighted by atomic mass is 9.94. The molecule has 2 unspecified atom stereocenters. The Hall–Kier alpha value is -2.30. The lowest BCUT2D eigenvalue weighted by Gasteiger charge is -2.25. The van der Waals surface area contributed by atoms with Gasteiger partial charge >= 0.3 is 6.18 Å². The number of rotatable bonds is 3. The zero-order valence-corrected chi connectivity index (χ0v) is 15.4. The second kappa shape index (κ2) is 6.64. The van der Waals surface area contributed by atoms with Crippen molar-refractivity contribution < 1.29 is 26.8 Å². The first kappa shape index (κ1) is 19.0. The molecule has 1 aromatic heterocycles. The number of pyridine rings is 1. The highest BCUT2D eigenvalue weighted by molar-refractivity contribution is 7.95. The summed E-state index contributed by atoms with van der Waals surface area (Å²) in [4.78, 5) is 9.23. The van der Waals surface area contributed by atoms with Gasteiger partial charge in [0.25, 0.3) is 0 Å². The molecule has 28 heavy (non-hydrogen) atoms. The molecule has 1 aromatic carbocycles. The number of oxime groups is 1. The fraction of sp³-hybridized carbons (Fsp3) is 0.333. The van der Waals surface area contributed by atoms with Gasteiger partial charge in [0, 0.05) is 43.4 Å². The van der Waals surface area contributed by atoms with Crippen molar-refractivity contribution in [2.24, 2.45) is 5.16 Å². The molecule has 2 atom stereocenters. The maximum atomic E-state index is 12.9. The Bertz CT molecular complexity index is 967. The molecule has 6 nitrogen and oxygen atoms in total. The zero-order chi connectivity index (χ0) is 20.0.